The van der Waals surface area contributed by atoms with Gasteiger partial charge in [-0.15, -0.1) is 0 Å². The molecule has 7 nitrogen and oxygen atoms in total. The van der Waals surface area contributed by atoms with Gasteiger partial charge in [-0.3, -0.25) is 4.79 Å². The van der Waals surface area contributed by atoms with Crippen LogP contribution in [0.25, 0.3) is 0 Å². The predicted octanol–water partition coefficient (Wildman–Crippen LogP) is -1.21. The summed E-state index contributed by atoms with van der Waals surface area (Å²) in [4.78, 5) is 14.6. The summed E-state index contributed by atoms with van der Waals surface area (Å²) in [5, 5.41) is 16.1. The molecule has 1 heterocycles. The number of hydrogen-bond acceptors (Lipinski definition) is 5. The molecule has 1 rings (SSSR count). The topological polar surface area (TPSA) is 106 Å². The number of aliphatic hydroxyl groups is 1. The van der Waals surface area contributed by atoms with Crippen molar-refractivity contribution in [1.29, 1.82) is 0 Å². The fourth-order valence-electron chi connectivity index (χ4n) is 1.25. The van der Waals surface area contributed by atoms with Crippen LogP contribution in [0.3, 0.4) is 0 Å². The largest absolute Gasteiger partial charge is 0.382 e. The van der Waals surface area contributed by atoms with E-state index < -0.39 is 12.0 Å². The minimum absolute atomic E-state index is 0.111. The number of primary amides is 1. The standard InChI is InChI=1S/C9H17N5O2/c1-6(2)14-8(12-5-13-14)4-11-3-7(15)9(10)16/h5-7,11,15H,3-4H2,1-2H3,(H2,10,16). The van der Waals surface area contributed by atoms with Crippen molar-refractivity contribution in [2.75, 3.05) is 6.54 Å². The SMILES string of the molecule is CC(C)n1ncnc1CNCC(O)C(N)=O. The molecule has 0 saturated heterocycles. The van der Waals surface area contributed by atoms with Gasteiger partial charge in [-0.1, -0.05) is 0 Å². The Bertz CT molecular complexity index is 349. The molecule has 90 valence electrons. The fraction of sp³-hybridized carbons (Fsp3) is 0.667. The van der Waals surface area contributed by atoms with E-state index in [1.165, 1.54) is 6.33 Å². The van der Waals surface area contributed by atoms with Crippen molar-refractivity contribution < 1.29 is 9.90 Å². The van der Waals surface area contributed by atoms with Crippen molar-refractivity contribution in [1.82, 2.24) is 20.1 Å². The molecular formula is C9H17N5O2. The Hall–Kier alpha value is -1.47. The Morgan fingerprint density at radius 2 is 2.38 bits per heavy atom. The molecule has 7 heteroatoms. The lowest BCUT2D eigenvalue weighted by Crippen LogP contribution is -2.37. The van der Waals surface area contributed by atoms with Crippen LogP contribution >= 0.6 is 0 Å². The van der Waals surface area contributed by atoms with Gasteiger partial charge in [0.1, 0.15) is 18.3 Å². The first-order valence-electron chi connectivity index (χ1n) is 5.09. The number of carbonyl (C=O) groups is 1. The van der Waals surface area contributed by atoms with Crippen LogP contribution < -0.4 is 11.1 Å². The normalized spacial score (nSPS) is 13.0. The second-order valence-corrected chi connectivity index (χ2v) is 3.76. The summed E-state index contributed by atoms with van der Waals surface area (Å²) in [7, 11) is 0. The lowest BCUT2D eigenvalue weighted by atomic mass is 10.3. The van der Waals surface area contributed by atoms with Gasteiger partial charge >= 0.3 is 0 Å². The zero-order valence-electron chi connectivity index (χ0n) is 9.42. The molecule has 16 heavy (non-hydrogen) atoms. The molecule has 0 aromatic carbocycles. The average Bonchev–Trinajstić information content (AvgIpc) is 2.65. The number of nitrogens with zero attached hydrogens (tertiary/aromatic N) is 3. The fourth-order valence-corrected chi connectivity index (χ4v) is 1.25. The molecule has 1 atom stereocenters. The summed E-state index contributed by atoms with van der Waals surface area (Å²) in [5.41, 5.74) is 4.91. The van der Waals surface area contributed by atoms with E-state index in [2.05, 4.69) is 15.4 Å². The molecule has 0 aliphatic carbocycles. The zero-order valence-corrected chi connectivity index (χ0v) is 9.42. The second-order valence-electron chi connectivity index (χ2n) is 3.76. The van der Waals surface area contributed by atoms with E-state index in [1.54, 1.807) is 4.68 Å². The Morgan fingerprint density at radius 3 is 2.94 bits per heavy atom. The number of aromatic nitrogens is 3. The van der Waals surface area contributed by atoms with E-state index in [-0.39, 0.29) is 12.6 Å². The number of nitrogens with one attached hydrogen (secondary N) is 1. The minimum atomic E-state index is -1.17. The molecule has 0 aliphatic rings. The molecule has 0 fully saturated rings. The molecule has 1 aromatic rings. The van der Waals surface area contributed by atoms with Gasteiger partial charge in [0.05, 0.1) is 6.54 Å². The first kappa shape index (κ1) is 12.6. The maximum absolute atomic E-state index is 10.6. The quantitative estimate of drug-likeness (QED) is 0.565. The van der Waals surface area contributed by atoms with Gasteiger partial charge in [-0.05, 0) is 13.8 Å². The van der Waals surface area contributed by atoms with Crippen LogP contribution in [0.15, 0.2) is 6.33 Å². The summed E-state index contributed by atoms with van der Waals surface area (Å²) in [5.74, 6) is 0.0181. The van der Waals surface area contributed by atoms with Gasteiger partial charge in [-0.25, -0.2) is 9.67 Å². The third-order valence-electron chi connectivity index (χ3n) is 2.09. The number of amides is 1. The zero-order chi connectivity index (χ0) is 12.1. The molecule has 0 saturated carbocycles. The van der Waals surface area contributed by atoms with Crippen molar-refractivity contribution >= 4 is 5.91 Å². The van der Waals surface area contributed by atoms with E-state index in [1.807, 2.05) is 13.8 Å². The number of aliphatic hydroxyl groups excluding tert-OH is 1. The number of carbonyl (C=O) groups excluding carboxylic acids is 1. The van der Waals surface area contributed by atoms with Crippen LogP contribution in [-0.4, -0.2) is 38.4 Å². The summed E-state index contributed by atoms with van der Waals surface area (Å²) in [6.45, 7) is 4.54. The van der Waals surface area contributed by atoms with E-state index in [4.69, 9.17) is 10.8 Å². The number of nitrogens with two attached hydrogens (primary N) is 1. The van der Waals surface area contributed by atoms with Crippen molar-refractivity contribution in [2.45, 2.75) is 32.5 Å². The summed E-state index contributed by atoms with van der Waals surface area (Å²) in [6, 6.07) is 0.223. The molecule has 0 bridgehead atoms. The molecular weight excluding hydrogens is 210 g/mol. The van der Waals surface area contributed by atoms with Gasteiger partial charge < -0.3 is 16.2 Å². The van der Waals surface area contributed by atoms with Crippen molar-refractivity contribution in [3.8, 4) is 0 Å². The average molecular weight is 227 g/mol. The summed E-state index contributed by atoms with van der Waals surface area (Å²) in [6.07, 6.45) is 0.303. The summed E-state index contributed by atoms with van der Waals surface area (Å²) < 4.78 is 1.77. The van der Waals surface area contributed by atoms with E-state index in [9.17, 15) is 4.79 Å². The van der Waals surface area contributed by atoms with Gasteiger partial charge in [0, 0.05) is 12.6 Å². The van der Waals surface area contributed by atoms with Gasteiger partial charge in [0.2, 0.25) is 5.91 Å². The Labute approximate surface area is 93.7 Å². The minimum Gasteiger partial charge on any atom is -0.382 e. The van der Waals surface area contributed by atoms with Crippen molar-refractivity contribution in [3.63, 3.8) is 0 Å². The highest BCUT2D eigenvalue weighted by molar-refractivity contribution is 5.78. The Kier molecular flexibility index (Phi) is 4.39. The van der Waals surface area contributed by atoms with Crippen molar-refractivity contribution in [2.24, 2.45) is 5.73 Å². The second kappa shape index (κ2) is 5.57. The highest BCUT2D eigenvalue weighted by atomic mass is 16.3. The Balaban J connectivity index is 2.43. The van der Waals surface area contributed by atoms with Crippen LogP contribution in [0.2, 0.25) is 0 Å². The molecule has 1 aromatic heterocycles. The molecule has 0 aliphatic heterocycles. The molecule has 0 spiro atoms. The first-order valence-corrected chi connectivity index (χ1v) is 5.09. The number of hydrogen-bond donors (Lipinski definition) is 3. The van der Waals surface area contributed by atoms with Crippen molar-refractivity contribution in [3.05, 3.63) is 12.2 Å². The van der Waals surface area contributed by atoms with E-state index in [0.29, 0.717) is 6.54 Å². The number of rotatable bonds is 6. The van der Waals surface area contributed by atoms with Crippen LogP contribution in [0.4, 0.5) is 0 Å². The van der Waals surface area contributed by atoms with Gasteiger partial charge in [0.15, 0.2) is 0 Å². The summed E-state index contributed by atoms with van der Waals surface area (Å²) >= 11 is 0. The molecule has 1 unspecified atom stereocenters. The molecule has 4 N–H and O–H groups in total. The first-order chi connectivity index (χ1) is 7.52. The van der Waals surface area contributed by atoms with Crippen LogP contribution in [-0.2, 0) is 11.3 Å². The van der Waals surface area contributed by atoms with E-state index in [0.717, 1.165) is 5.82 Å². The predicted molar refractivity (Wildman–Crippen MR) is 57.3 cm³/mol. The highest BCUT2D eigenvalue weighted by Gasteiger charge is 2.11. The molecule has 1 amide bonds. The van der Waals surface area contributed by atoms with Crippen LogP contribution in [0, 0.1) is 0 Å². The van der Waals surface area contributed by atoms with Crippen LogP contribution in [0.1, 0.15) is 25.7 Å². The maximum atomic E-state index is 10.6. The third kappa shape index (κ3) is 3.28. The lowest BCUT2D eigenvalue weighted by Gasteiger charge is -2.11. The monoisotopic (exact) mass is 227 g/mol. The highest BCUT2D eigenvalue weighted by Crippen LogP contribution is 2.04. The maximum Gasteiger partial charge on any atom is 0.247 e. The Morgan fingerprint density at radius 1 is 1.69 bits per heavy atom. The van der Waals surface area contributed by atoms with Gasteiger partial charge in [0.25, 0.3) is 0 Å². The smallest absolute Gasteiger partial charge is 0.247 e. The lowest BCUT2D eigenvalue weighted by molar-refractivity contribution is -0.125. The third-order valence-corrected chi connectivity index (χ3v) is 2.09. The molecule has 0 radical (unpaired) electrons. The van der Waals surface area contributed by atoms with Crippen LogP contribution in [0.5, 0.6) is 0 Å². The van der Waals surface area contributed by atoms with E-state index >= 15 is 0 Å². The van der Waals surface area contributed by atoms with Gasteiger partial charge in [-0.2, -0.15) is 5.10 Å².